The lowest BCUT2D eigenvalue weighted by Gasteiger charge is -2.30. The largest absolute Gasteiger partial charge is 0.494 e. The highest BCUT2D eigenvalue weighted by Crippen LogP contribution is 2.61. The van der Waals surface area contributed by atoms with Gasteiger partial charge >= 0.3 is 23.5 Å². The van der Waals surface area contributed by atoms with E-state index in [1.54, 1.807) is 24.3 Å². The predicted octanol–water partition coefficient (Wildman–Crippen LogP) is 1.34. The second-order valence-corrected chi connectivity index (χ2v) is 21.0. The van der Waals surface area contributed by atoms with E-state index in [1.807, 2.05) is 0 Å². The van der Waals surface area contributed by atoms with Crippen molar-refractivity contribution in [2.45, 2.75) is 75.8 Å². The van der Waals surface area contributed by atoms with Gasteiger partial charge in [0.1, 0.15) is 35.7 Å². The van der Waals surface area contributed by atoms with Gasteiger partial charge in [-0.25, -0.2) is 18.7 Å². The number of nitrogen functional groups attached to an aromatic ring is 1. The van der Waals surface area contributed by atoms with E-state index in [2.05, 4.69) is 34.6 Å². The number of carbonyl (C=O) groups is 3. The van der Waals surface area contributed by atoms with Crippen LogP contribution in [0, 0.1) is 5.41 Å². The number of ether oxygens (including phenoxy) is 3. The number of rotatable bonds is 26. The molecule has 5 rings (SSSR count). The summed E-state index contributed by atoms with van der Waals surface area (Å²) in [7, 11) is -16.5. The molecule has 1 aromatic carbocycles. The number of nitrogens with two attached hydrogens (primary N) is 1. The molecular weight excluding hydrogens is 971 g/mol. The number of anilines is 1. The van der Waals surface area contributed by atoms with Gasteiger partial charge in [0.05, 0.1) is 44.6 Å². The third kappa shape index (κ3) is 15.4. The van der Waals surface area contributed by atoms with Crippen LogP contribution in [-0.4, -0.2) is 142 Å². The Bertz CT molecular complexity index is 2300. The Hall–Kier alpha value is -3.17. The van der Waals surface area contributed by atoms with Gasteiger partial charge in [0.25, 0.3) is 0 Å². The summed E-state index contributed by atoms with van der Waals surface area (Å²) in [4.78, 5) is 81.2. The van der Waals surface area contributed by atoms with Gasteiger partial charge in [-0.15, -0.1) is 5.10 Å². The highest BCUT2D eigenvalue weighted by Gasteiger charge is 2.52. The van der Waals surface area contributed by atoms with Gasteiger partial charge < -0.3 is 60.4 Å². The zero-order valence-corrected chi connectivity index (χ0v) is 38.9. The summed E-state index contributed by atoms with van der Waals surface area (Å²) in [5.74, 6) is -0.527. The number of hydrogen-bond donors (Lipinski definition) is 9. The highest BCUT2D eigenvalue weighted by molar-refractivity contribution is 8.13. The van der Waals surface area contributed by atoms with Gasteiger partial charge in [0, 0.05) is 35.7 Å². The van der Waals surface area contributed by atoms with Crippen LogP contribution in [0.4, 0.5) is 5.69 Å². The SMILES string of the molecule is CC(C)(COP(=O)(O)OP(=O)(O)OC[C@H]1O[C@@H](n2cnc3c(N)cnnc32)[C@H](O)[C@@H]1OP(=O)(O)O)[C@@H](O)C(=O)NCCC(=O)NCCSC(=O)C1(CCCCOc2cccc(Cl)c2)CO1. The molecule has 2 fully saturated rings. The van der Waals surface area contributed by atoms with Gasteiger partial charge in [-0.3, -0.25) is 32.5 Å². The topological polar surface area (TPSA) is 385 Å². The van der Waals surface area contributed by atoms with Crippen molar-refractivity contribution in [3.05, 3.63) is 41.8 Å². The molecule has 2 aromatic heterocycles. The number of imidazole rings is 1. The number of unbranched alkanes of at least 4 members (excludes halogenated alkanes) is 1. The van der Waals surface area contributed by atoms with Crippen LogP contribution in [0.5, 0.6) is 5.75 Å². The number of aliphatic hydroxyl groups is 2. The molecule has 65 heavy (non-hydrogen) atoms. The first kappa shape index (κ1) is 52.8. The quantitative estimate of drug-likeness (QED) is 0.0311. The van der Waals surface area contributed by atoms with E-state index in [1.165, 1.54) is 20.0 Å². The molecular formula is C34H49ClN7O19P3S. The lowest BCUT2D eigenvalue weighted by atomic mass is 9.87. The van der Waals surface area contributed by atoms with Crippen molar-refractivity contribution in [3.8, 4) is 5.75 Å². The summed E-state index contributed by atoms with van der Waals surface area (Å²) in [5, 5.41) is 34.5. The summed E-state index contributed by atoms with van der Waals surface area (Å²) in [6, 6.07) is 7.05. The number of fused-ring (bicyclic) bond motifs is 1. The van der Waals surface area contributed by atoms with E-state index >= 15 is 0 Å². The highest BCUT2D eigenvalue weighted by atomic mass is 35.5. The Morgan fingerprint density at radius 2 is 1.83 bits per heavy atom. The molecule has 2 amide bonds. The van der Waals surface area contributed by atoms with Crippen LogP contribution in [0.15, 0.2) is 36.8 Å². The van der Waals surface area contributed by atoms with E-state index in [9.17, 15) is 57.9 Å². The molecule has 3 unspecified atom stereocenters. The standard InChI is InChI=1S/C34H49ClN7O19P3S/c1-33(2,28(45)30(46)38-10-8-24(43)37-11-13-65-32(47)34(18-56-34)9-3-4-12-55-21-7-5-6-20(35)14-21)17-58-64(53,54)61-63(51,52)57-16-23-27(60-62(48,49)50)26(44)31(59-23)42-19-39-25-22(36)15-40-41-29(25)42/h5-7,14-15,19,23,26-28,31,44-45H,3-4,8-13,16-18H2,1-2H3,(H2,36,41)(H,37,43)(H,38,46)(H,51,52)(H,53,54)(H2,48,49,50)/t23-,26-,27-,28+,31-,34?/m1/s1. The number of phosphoric ester groups is 3. The number of aromatic nitrogens is 4. The van der Waals surface area contributed by atoms with E-state index in [4.69, 9.17) is 40.6 Å². The lowest BCUT2D eigenvalue weighted by molar-refractivity contribution is -0.137. The van der Waals surface area contributed by atoms with Crippen molar-refractivity contribution >= 4 is 80.6 Å². The molecule has 0 aliphatic carbocycles. The number of thioether (sulfide) groups is 1. The van der Waals surface area contributed by atoms with Gasteiger partial charge in [0.2, 0.25) is 16.9 Å². The molecule has 4 heterocycles. The van der Waals surface area contributed by atoms with Crippen molar-refractivity contribution < 1.29 is 90.0 Å². The molecule has 10 N–H and O–H groups in total. The zero-order valence-electron chi connectivity index (χ0n) is 34.6. The average Bonchev–Trinajstić information content (AvgIpc) is 3.80. The van der Waals surface area contributed by atoms with Crippen LogP contribution in [0.1, 0.15) is 45.8 Å². The Morgan fingerprint density at radius 3 is 2.52 bits per heavy atom. The van der Waals surface area contributed by atoms with Crippen LogP contribution in [0.25, 0.3) is 11.2 Å². The maximum atomic E-state index is 12.7. The second kappa shape index (κ2) is 22.3. The van der Waals surface area contributed by atoms with E-state index in [-0.39, 0.29) is 47.2 Å². The van der Waals surface area contributed by atoms with Crippen molar-refractivity contribution in [2.75, 3.05) is 51.0 Å². The number of benzene rings is 1. The number of nitrogens with zero attached hydrogens (tertiary/aromatic N) is 4. The van der Waals surface area contributed by atoms with Gasteiger partial charge in [-0.1, -0.05) is 43.3 Å². The maximum Gasteiger partial charge on any atom is 0.481 e. The molecule has 31 heteroatoms. The van der Waals surface area contributed by atoms with Crippen molar-refractivity contribution in [3.63, 3.8) is 0 Å². The Labute approximate surface area is 379 Å². The smallest absolute Gasteiger partial charge is 0.481 e. The fourth-order valence-corrected chi connectivity index (χ4v) is 9.99. The Morgan fingerprint density at radius 1 is 1.11 bits per heavy atom. The number of nitrogens with one attached hydrogen (secondary N) is 2. The minimum Gasteiger partial charge on any atom is -0.494 e. The van der Waals surface area contributed by atoms with Crippen molar-refractivity contribution in [2.24, 2.45) is 5.41 Å². The molecule has 3 aromatic rings. The van der Waals surface area contributed by atoms with E-state index < -0.39 is 90.2 Å². The number of carbonyl (C=O) groups excluding carboxylic acids is 3. The number of halogens is 1. The lowest BCUT2D eigenvalue weighted by Crippen LogP contribution is -2.46. The first-order valence-electron chi connectivity index (χ1n) is 19.5. The minimum absolute atomic E-state index is 0.0234. The molecule has 0 saturated carbocycles. The fraction of sp³-hybridized carbons (Fsp3) is 0.588. The van der Waals surface area contributed by atoms with Crippen LogP contribution in [0.3, 0.4) is 0 Å². The number of amides is 2. The fourth-order valence-electron chi connectivity index (χ4n) is 6.11. The summed E-state index contributed by atoms with van der Waals surface area (Å²) >= 11 is 6.99. The van der Waals surface area contributed by atoms with E-state index in [0.29, 0.717) is 43.2 Å². The first-order valence-corrected chi connectivity index (χ1v) is 25.4. The molecule has 2 aliphatic rings. The summed E-state index contributed by atoms with van der Waals surface area (Å²) in [6.07, 6.45) is -4.98. The summed E-state index contributed by atoms with van der Waals surface area (Å²) in [5.41, 5.74) is 3.53. The monoisotopic (exact) mass is 1020 g/mol. The van der Waals surface area contributed by atoms with Crippen LogP contribution < -0.4 is 21.1 Å². The van der Waals surface area contributed by atoms with Crippen LogP contribution >= 0.6 is 46.8 Å². The minimum atomic E-state index is -5.59. The third-order valence-electron chi connectivity index (χ3n) is 9.64. The normalized spacial score (nSPS) is 23.3. The predicted molar refractivity (Wildman–Crippen MR) is 227 cm³/mol. The number of aliphatic hydroxyl groups excluding tert-OH is 2. The number of epoxide rings is 1. The Balaban J connectivity index is 0.987. The number of hydrogen-bond acceptors (Lipinski definition) is 20. The molecule has 0 bridgehead atoms. The summed E-state index contributed by atoms with van der Waals surface area (Å²) < 4.78 is 73.5. The van der Waals surface area contributed by atoms with Crippen molar-refractivity contribution in [1.82, 2.24) is 30.4 Å². The summed E-state index contributed by atoms with van der Waals surface area (Å²) in [6.45, 7) is 1.14. The van der Waals surface area contributed by atoms with Crippen LogP contribution in [0.2, 0.25) is 5.02 Å². The molecule has 2 aliphatic heterocycles. The van der Waals surface area contributed by atoms with E-state index in [0.717, 1.165) is 22.7 Å². The number of phosphoric acid groups is 3. The molecule has 2 saturated heterocycles. The zero-order chi connectivity index (χ0) is 47.8. The van der Waals surface area contributed by atoms with Gasteiger partial charge in [-0.05, 0) is 37.5 Å². The average molecular weight is 1020 g/mol. The molecule has 0 radical (unpaired) electrons. The van der Waals surface area contributed by atoms with Crippen molar-refractivity contribution in [1.29, 1.82) is 0 Å². The maximum absolute atomic E-state index is 12.7. The van der Waals surface area contributed by atoms with Gasteiger partial charge in [-0.2, -0.15) is 9.41 Å². The first-order chi connectivity index (χ1) is 30.4. The molecule has 0 spiro atoms. The third-order valence-corrected chi connectivity index (χ3v) is 14.0. The molecule has 26 nitrogen and oxygen atoms in total. The molecule has 8 atom stereocenters. The van der Waals surface area contributed by atoms with Gasteiger partial charge in [0.15, 0.2) is 17.5 Å². The second-order valence-electron chi connectivity index (χ2n) is 15.3. The van der Waals surface area contributed by atoms with Crippen LogP contribution in [-0.2, 0) is 55.4 Å². The Kier molecular flexibility index (Phi) is 18.1. The molecule has 362 valence electrons.